The van der Waals surface area contributed by atoms with Crippen LogP contribution in [0.2, 0.25) is 0 Å². The second-order valence-corrected chi connectivity index (χ2v) is 24.0. The number of hydrogen-bond donors (Lipinski definition) is 2. The number of aromatic amines is 2. The summed E-state index contributed by atoms with van der Waals surface area (Å²) in [5.74, 6) is 5.52. The summed E-state index contributed by atoms with van der Waals surface area (Å²) in [7, 11) is 13.7. The molecule has 0 unspecified atom stereocenters. The molecule has 4 heterocycles. The van der Waals surface area contributed by atoms with Crippen LogP contribution in [-0.2, 0) is 0 Å². The zero-order chi connectivity index (χ0) is 65.0. The molecule has 12 heteroatoms. The molecule has 3 aliphatic rings. The number of methoxy groups -OCH3 is 8. The number of aromatic nitrogens is 4. The van der Waals surface area contributed by atoms with E-state index in [0.29, 0.717) is 46.0 Å². The molecular formula is C84H62N4O8. The van der Waals surface area contributed by atoms with Crippen LogP contribution in [0.15, 0.2) is 218 Å². The van der Waals surface area contributed by atoms with Gasteiger partial charge < -0.3 is 47.9 Å². The lowest BCUT2D eigenvalue weighted by atomic mass is 9.90. The first kappa shape index (κ1) is 57.6. The smallest absolute Gasteiger partial charge is 0.126 e. The van der Waals surface area contributed by atoms with Gasteiger partial charge in [-0.05, 0) is 119 Å². The van der Waals surface area contributed by atoms with Gasteiger partial charge in [-0.15, -0.1) is 0 Å². The zero-order valence-electron chi connectivity index (χ0n) is 53.9. The summed E-state index contributed by atoms with van der Waals surface area (Å²) < 4.78 is 50.2. The Morgan fingerprint density at radius 3 is 0.562 bits per heavy atom. The van der Waals surface area contributed by atoms with Gasteiger partial charge >= 0.3 is 0 Å². The minimum absolute atomic E-state index is 0.688. The van der Waals surface area contributed by atoms with E-state index >= 15 is 0 Å². The van der Waals surface area contributed by atoms with Crippen LogP contribution in [0.5, 0.6) is 46.0 Å². The highest BCUT2D eigenvalue weighted by Gasteiger charge is 2.33. The maximum atomic E-state index is 6.28. The lowest BCUT2D eigenvalue weighted by Gasteiger charge is -2.14. The van der Waals surface area contributed by atoms with Crippen molar-refractivity contribution in [3.63, 3.8) is 0 Å². The molecule has 2 aliphatic heterocycles. The van der Waals surface area contributed by atoms with Crippen molar-refractivity contribution in [2.75, 3.05) is 56.9 Å². The van der Waals surface area contributed by atoms with Crippen molar-refractivity contribution in [2.24, 2.45) is 0 Å². The van der Waals surface area contributed by atoms with E-state index in [1.807, 2.05) is 48.5 Å². The molecule has 14 aromatic rings. The molecule has 0 saturated heterocycles. The number of fused-ring (bicyclic) bond motifs is 4. The highest BCUT2D eigenvalue weighted by atomic mass is 16.5. The van der Waals surface area contributed by atoms with Crippen LogP contribution in [-0.4, -0.2) is 76.8 Å². The van der Waals surface area contributed by atoms with Crippen LogP contribution in [0.4, 0.5) is 0 Å². The summed E-state index contributed by atoms with van der Waals surface area (Å²) in [6.07, 6.45) is 0. The van der Waals surface area contributed by atoms with Gasteiger partial charge in [-0.2, -0.15) is 0 Å². The van der Waals surface area contributed by atoms with Gasteiger partial charge in [-0.1, -0.05) is 121 Å². The first-order valence-electron chi connectivity index (χ1n) is 31.7. The number of rotatable bonds is 12. The lowest BCUT2D eigenvalue weighted by Crippen LogP contribution is -1.92. The van der Waals surface area contributed by atoms with Gasteiger partial charge in [0, 0.05) is 109 Å². The molecule has 17 rings (SSSR count). The molecule has 2 aromatic heterocycles. The highest BCUT2D eigenvalue weighted by molar-refractivity contribution is 6.26. The van der Waals surface area contributed by atoms with Crippen LogP contribution < -0.4 is 37.9 Å². The second-order valence-electron chi connectivity index (χ2n) is 24.0. The molecule has 0 amide bonds. The summed E-state index contributed by atoms with van der Waals surface area (Å²) in [5, 5.41) is 10.5. The summed E-state index contributed by atoms with van der Waals surface area (Å²) >= 11 is 0. The second kappa shape index (κ2) is 22.8. The van der Waals surface area contributed by atoms with Crippen molar-refractivity contribution >= 4 is 86.7 Å². The van der Waals surface area contributed by atoms with Crippen molar-refractivity contribution < 1.29 is 37.9 Å². The number of ether oxygens (including phenoxy) is 8. The molecular weight excluding hydrogens is 1190 g/mol. The predicted molar refractivity (Wildman–Crippen MR) is 389 cm³/mol. The van der Waals surface area contributed by atoms with Gasteiger partial charge in [-0.25, -0.2) is 9.97 Å². The Morgan fingerprint density at radius 1 is 0.208 bits per heavy atom. The quantitative estimate of drug-likeness (QED) is 0.122. The molecule has 1 aliphatic carbocycles. The molecule has 0 fully saturated rings. The summed E-state index contributed by atoms with van der Waals surface area (Å²) in [5.41, 5.74) is 16.8. The Bertz CT molecular complexity index is 5210. The lowest BCUT2D eigenvalue weighted by molar-refractivity contribution is 0.410. The summed E-state index contributed by atoms with van der Waals surface area (Å²) in [4.78, 5) is 21.0. The van der Waals surface area contributed by atoms with Gasteiger partial charge in [0.25, 0.3) is 0 Å². The number of hydrogen-bond acceptors (Lipinski definition) is 10. The van der Waals surface area contributed by atoms with E-state index in [1.165, 1.54) is 0 Å². The maximum Gasteiger partial charge on any atom is 0.126 e. The summed E-state index contributed by atoms with van der Waals surface area (Å²) in [6, 6.07) is 75.9. The molecule has 8 bridgehead atoms. The molecule has 0 saturated carbocycles. The SMILES string of the molecule is COc1ccc(OC)c2cc3c(cc12)-c1nc-3c(-c2ccccc2)c2[nH]c(c(-c3ccccc3)c3nc(c(-c4ccccc4)c4[nH]c(c1-c1ccccc1)c1cc5c(OC)ccc(OC)c5cc41)-c1cc4c(OC)ccc(OC)c4cc1-3)c1cc3c(OC)ccc(OC)c3cc21. The van der Waals surface area contributed by atoms with Gasteiger partial charge in [0.2, 0.25) is 0 Å². The molecule has 96 heavy (non-hydrogen) atoms. The molecule has 12 aromatic carbocycles. The van der Waals surface area contributed by atoms with E-state index < -0.39 is 0 Å². The number of nitrogens with one attached hydrogen (secondary N) is 2. The highest BCUT2D eigenvalue weighted by Crippen LogP contribution is 2.56. The fourth-order valence-corrected chi connectivity index (χ4v) is 14.9. The van der Waals surface area contributed by atoms with Crippen molar-refractivity contribution in [3.05, 3.63) is 218 Å². The average Bonchev–Trinajstić information content (AvgIpc) is 1.54. The predicted octanol–water partition coefficient (Wildman–Crippen LogP) is 20.6. The third-order valence-electron chi connectivity index (χ3n) is 19.3. The van der Waals surface area contributed by atoms with E-state index in [-0.39, 0.29) is 0 Å². The van der Waals surface area contributed by atoms with Crippen LogP contribution in [0, 0.1) is 0 Å². The minimum atomic E-state index is 0.688. The largest absolute Gasteiger partial charge is 0.496 e. The topological polar surface area (TPSA) is 131 Å². The number of H-pyrrole nitrogens is 2. The molecule has 12 nitrogen and oxygen atoms in total. The van der Waals surface area contributed by atoms with E-state index in [4.69, 9.17) is 47.9 Å². The molecule has 0 atom stereocenters. The first-order chi connectivity index (χ1) is 47.3. The number of benzene rings is 12. The third kappa shape index (κ3) is 8.68. The standard InChI is InChI=1S/C84H62N4O8/c1-89-65-29-30-66(90-2)50-38-58-57(37-49(50)65)77-73(45-21-13-9-14-22-45)79-59-39-51-52(68(92-4)32-31-67(51)91-3)40-60(59)81(86-79)75(47-25-17-11-18-26-47)83-63-43-55-56(72(96-8)36-35-71(55)95-7)44-64(63)84(88-83)76(48-27-19-12-20-28-48)82-62-42-54-53(69(93-5)33-34-70(54)94-6)41-61(62)80(87-82)74(78(58)85-77)46-23-15-10-16-24-46/h9-44,85,88H,1-8H3. The Balaban J connectivity index is 1.25. The van der Waals surface area contributed by atoms with Crippen LogP contribution in [0.1, 0.15) is 0 Å². The van der Waals surface area contributed by atoms with Gasteiger partial charge in [-0.3, -0.25) is 0 Å². The van der Waals surface area contributed by atoms with Gasteiger partial charge in [0.05, 0.1) is 102 Å². The van der Waals surface area contributed by atoms with Crippen molar-refractivity contribution in [1.82, 2.24) is 19.9 Å². The van der Waals surface area contributed by atoms with Crippen molar-refractivity contribution in [3.8, 4) is 136 Å². The van der Waals surface area contributed by atoms with Crippen molar-refractivity contribution in [1.29, 1.82) is 0 Å². The average molecular weight is 1260 g/mol. The molecule has 2 N–H and O–H groups in total. The van der Waals surface area contributed by atoms with E-state index in [9.17, 15) is 0 Å². The number of nitrogens with zero attached hydrogens (tertiary/aromatic N) is 2. The molecule has 0 spiro atoms. The van der Waals surface area contributed by atoms with Gasteiger partial charge in [0.15, 0.2) is 0 Å². The van der Waals surface area contributed by atoms with E-state index in [0.717, 1.165) is 176 Å². The Labute approximate surface area is 552 Å². The molecule has 466 valence electrons. The fourth-order valence-electron chi connectivity index (χ4n) is 14.9. The van der Waals surface area contributed by atoms with Gasteiger partial charge in [0.1, 0.15) is 46.0 Å². The Hall–Kier alpha value is -12.3. The maximum absolute atomic E-state index is 6.28. The van der Waals surface area contributed by atoms with E-state index in [2.05, 4.69) is 180 Å². The Kier molecular flexibility index (Phi) is 13.7. The monoisotopic (exact) mass is 1250 g/mol. The molecule has 0 radical (unpaired) electrons. The summed E-state index contributed by atoms with van der Waals surface area (Å²) in [6.45, 7) is 0. The van der Waals surface area contributed by atoms with E-state index in [1.54, 1.807) is 56.9 Å². The Morgan fingerprint density at radius 2 is 0.385 bits per heavy atom. The first-order valence-corrected chi connectivity index (χ1v) is 31.7. The van der Waals surface area contributed by atoms with Crippen molar-refractivity contribution in [2.45, 2.75) is 0 Å². The third-order valence-corrected chi connectivity index (χ3v) is 19.3. The normalized spacial score (nSPS) is 11.8. The minimum Gasteiger partial charge on any atom is -0.496 e. The van der Waals surface area contributed by atoms with Crippen LogP contribution in [0.25, 0.3) is 176 Å². The van der Waals surface area contributed by atoms with Crippen LogP contribution >= 0.6 is 0 Å². The fraction of sp³-hybridized carbons (Fsp3) is 0.0952. The zero-order valence-corrected chi connectivity index (χ0v) is 53.9. The van der Waals surface area contributed by atoms with Crippen LogP contribution in [0.3, 0.4) is 0 Å².